The number of hydrogen-bond donors (Lipinski definition) is 3. The van der Waals surface area contributed by atoms with Crippen LogP contribution in [0.3, 0.4) is 0 Å². The maximum Gasteiger partial charge on any atom is 0.303 e. The molecule has 0 spiro atoms. The first-order chi connectivity index (χ1) is 6.46. The molecule has 0 aliphatic carbocycles. The van der Waals surface area contributed by atoms with Crippen molar-refractivity contribution in [2.75, 3.05) is 5.75 Å². The zero-order valence-electron chi connectivity index (χ0n) is 8.86. The molecule has 0 saturated heterocycles. The lowest BCUT2D eigenvalue weighted by atomic mass is 9.78. The average molecular weight is 236 g/mol. The number of thiol groups is 2. The van der Waals surface area contributed by atoms with Gasteiger partial charge in [0.05, 0.1) is 0 Å². The average Bonchev–Trinajstić information content (AvgIpc) is 2.14. The van der Waals surface area contributed by atoms with Crippen LogP contribution in [-0.2, 0) is 4.79 Å². The molecular formula is C10H20O2S2. The molecule has 0 aromatic heterocycles. The zero-order chi connectivity index (χ0) is 11.2. The van der Waals surface area contributed by atoms with Crippen molar-refractivity contribution in [1.29, 1.82) is 0 Å². The summed E-state index contributed by atoms with van der Waals surface area (Å²) in [6.45, 7) is 4.20. The molecule has 14 heavy (non-hydrogen) atoms. The van der Waals surface area contributed by atoms with Crippen LogP contribution in [0.4, 0.5) is 0 Å². The Hall–Kier alpha value is 0.170. The standard InChI is InChI=1S/C10H20O2S2/c1-3-10(2,6-4-9(11)12)8(14)5-7-13/h8,13-14H,3-7H2,1-2H3,(H,11,12). The summed E-state index contributed by atoms with van der Waals surface area (Å²) >= 11 is 8.71. The quantitative estimate of drug-likeness (QED) is 0.595. The molecule has 0 aliphatic rings. The smallest absolute Gasteiger partial charge is 0.303 e. The first-order valence-corrected chi connectivity index (χ1v) is 6.12. The van der Waals surface area contributed by atoms with Gasteiger partial charge in [-0.1, -0.05) is 13.8 Å². The SMILES string of the molecule is CCC(C)(CCC(=O)O)C(S)CCS. The van der Waals surface area contributed by atoms with Crippen molar-refractivity contribution >= 4 is 31.2 Å². The molecule has 0 bridgehead atoms. The van der Waals surface area contributed by atoms with E-state index in [-0.39, 0.29) is 17.1 Å². The summed E-state index contributed by atoms with van der Waals surface area (Å²) in [6.07, 6.45) is 2.81. The van der Waals surface area contributed by atoms with Crippen LogP contribution in [0.25, 0.3) is 0 Å². The highest BCUT2D eigenvalue weighted by Crippen LogP contribution is 2.36. The summed E-state index contributed by atoms with van der Waals surface area (Å²) in [6, 6.07) is 0. The van der Waals surface area contributed by atoms with E-state index in [1.807, 2.05) is 0 Å². The van der Waals surface area contributed by atoms with Crippen LogP contribution in [0, 0.1) is 5.41 Å². The minimum atomic E-state index is -0.726. The van der Waals surface area contributed by atoms with Crippen molar-refractivity contribution < 1.29 is 9.90 Å². The van der Waals surface area contributed by atoms with Crippen LogP contribution < -0.4 is 0 Å². The molecule has 0 aromatic rings. The van der Waals surface area contributed by atoms with Crippen LogP contribution >= 0.6 is 25.3 Å². The van der Waals surface area contributed by atoms with E-state index >= 15 is 0 Å². The molecule has 0 radical (unpaired) electrons. The summed E-state index contributed by atoms with van der Waals surface area (Å²) in [5.74, 6) is 0.0766. The van der Waals surface area contributed by atoms with Gasteiger partial charge >= 0.3 is 5.97 Å². The highest BCUT2D eigenvalue weighted by molar-refractivity contribution is 7.81. The molecule has 2 nitrogen and oxygen atoms in total. The monoisotopic (exact) mass is 236 g/mol. The predicted octanol–water partition coefficient (Wildman–Crippen LogP) is 2.89. The largest absolute Gasteiger partial charge is 0.481 e. The minimum Gasteiger partial charge on any atom is -0.481 e. The van der Waals surface area contributed by atoms with Crippen molar-refractivity contribution in [1.82, 2.24) is 0 Å². The van der Waals surface area contributed by atoms with Gasteiger partial charge in [0.15, 0.2) is 0 Å². The molecule has 2 atom stereocenters. The zero-order valence-corrected chi connectivity index (χ0v) is 10.7. The van der Waals surface area contributed by atoms with Crippen molar-refractivity contribution in [2.45, 2.75) is 44.8 Å². The summed E-state index contributed by atoms with van der Waals surface area (Å²) in [5.41, 5.74) is 0.0181. The molecule has 0 saturated carbocycles. The van der Waals surface area contributed by atoms with Gasteiger partial charge in [-0.15, -0.1) is 0 Å². The molecule has 0 heterocycles. The topological polar surface area (TPSA) is 37.3 Å². The van der Waals surface area contributed by atoms with Crippen molar-refractivity contribution in [3.8, 4) is 0 Å². The van der Waals surface area contributed by atoms with E-state index in [1.165, 1.54) is 0 Å². The van der Waals surface area contributed by atoms with Crippen molar-refractivity contribution in [3.05, 3.63) is 0 Å². The number of aliphatic carboxylic acids is 1. The van der Waals surface area contributed by atoms with Gasteiger partial charge in [0.2, 0.25) is 0 Å². The van der Waals surface area contributed by atoms with Gasteiger partial charge in [0.25, 0.3) is 0 Å². The van der Waals surface area contributed by atoms with Crippen LogP contribution in [0.1, 0.15) is 39.5 Å². The van der Waals surface area contributed by atoms with Crippen LogP contribution in [0.2, 0.25) is 0 Å². The van der Waals surface area contributed by atoms with E-state index in [2.05, 4.69) is 39.1 Å². The lowest BCUT2D eigenvalue weighted by Crippen LogP contribution is -2.29. The fourth-order valence-corrected chi connectivity index (χ4v) is 2.34. The van der Waals surface area contributed by atoms with Gasteiger partial charge in [0, 0.05) is 11.7 Å². The summed E-state index contributed by atoms with van der Waals surface area (Å²) in [5, 5.41) is 8.88. The molecule has 0 aromatic carbocycles. The molecule has 0 aliphatic heterocycles. The Morgan fingerprint density at radius 2 is 2.14 bits per heavy atom. The van der Waals surface area contributed by atoms with Crippen LogP contribution in [0.15, 0.2) is 0 Å². The third-order valence-corrected chi connectivity index (χ3v) is 4.06. The Balaban J connectivity index is 4.22. The second-order valence-electron chi connectivity index (χ2n) is 3.93. The fraction of sp³-hybridized carbons (Fsp3) is 0.900. The lowest BCUT2D eigenvalue weighted by molar-refractivity contribution is -0.137. The Bertz CT molecular complexity index is 185. The van der Waals surface area contributed by atoms with Crippen LogP contribution in [-0.4, -0.2) is 22.1 Å². The second kappa shape index (κ2) is 6.62. The second-order valence-corrected chi connectivity index (χ2v) is 5.00. The van der Waals surface area contributed by atoms with E-state index in [0.29, 0.717) is 6.42 Å². The predicted molar refractivity (Wildman–Crippen MR) is 66.5 cm³/mol. The number of carboxylic acids is 1. The van der Waals surface area contributed by atoms with Gasteiger partial charge in [0.1, 0.15) is 0 Å². The Kier molecular flexibility index (Phi) is 6.70. The number of rotatable bonds is 7. The molecule has 0 rings (SSSR count). The van der Waals surface area contributed by atoms with E-state index in [1.54, 1.807) is 0 Å². The van der Waals surface area contributed by atoms with Gasteiger partial charge < -0.3 is 5.11 Å². The minimum absolute atomic E-state index is 0.0181. The Labute approximate surface area is 97.3 Å². The normalized spacial score (nSPS) is 17.4. The molecule has 0 fully saturated rings. The number of carbonyl (C=O) groups is 1. The van der Waals surface area contributed by atoms with Gasteiger partial charge in [-0.3, -0.25) is 4.79 Å². The number of carboxylic acid groups (broad SMARTS) is 1. The van der Waals surface area contributed by atoms with Crippen molar-refractivity contribution in [2.24, 2.45) is 5.41 Å². The molecule has 84 valence electrons. The Morgan fingerprint density at radius 1 is 1.57 bits per heavy atom. The summed E-state index contributed by atoms with van der Waals surface area (Å²) in [4.78, 5) is 10.5. The van der Waals surface area contributed by atoms with E-state index < -0.39 is 5.97 Å². The molecule has 2 unspecified atom stereocenters. The first kappa shape index (κ1) is 14.2. The highest BCUT2D eigenvalue weighted by atomic mass is 32.1. The third-order valence-electron chi connectivity index (χ3n) is 2.92. The number of hydrogen-bond acceptors (Lipinski definition) is 3. The maximum atomic E-state index is 10.5. The first-order valence-electron chi connectivity index (χ1n) is 4.97. The van der Waals surface area contributed by atoms with Crippen molar-refractivity contribution in [3.63, 3.8) is 0 Å². The Morgan fingerprint density at radius 3 is 2.50 bits per heavy atom. The third kappa shape index (κ3) is 4.60. The summed E-state index contributed by atoms with van der Waals surface area (Å²) < 4.78 is 0. The molecular weight excluding hydrogens is 216 g/mol. The molecule has 1 N–H and O–H groups in total. The van der Waals surface area contributed by atoms with E-state index in [9.17, 15) is 4.79 Å². The maximum absolute atomic E-state index is 10.5. The van der Waals surface area contributed by atoms with Gasteiger partial charge in [-0.25, -0.2) is 0 Å². The fourth-order valence-electron chi connectivity index (χ4n) is 1.44. The van der Waals surface area contributed by atoms with E-state index in [0.717, 1.165) is 18.6 Å². The lowest BCUT2D eigenvalue weighted by Gasteiger charge is -2.33. The summed E-state index contributed by atoms with van der Waals surface area (Å²) in [7, 11) is 0. The van der Waals surface area contributed by atoms with E-state index in [4.69, 9.17) is 5.11 Å². The van der Waals surface area contributed by atoms with Crippen LogP contribution in [0.5, 0.6) is 0 Å². The molecule has 4 heteroatoms. The molecule has 0 amide bonds. The highest BCUT2D eigenvalue weighted by Gasteiger charge is 2.29. The van der Waals surface area contributed by atoms with Gasteiger partial charge in [-0.2, -0.15) is 25.3 Å². The van der Waals surface area contributed by atoms with Gasteiger partial charge in [-0.05, 0) is 30.4 Å².